The number of carbonyl (C=O) groups excluding carboxylic acids is 2. The molecule has 1 heterocycles. The van der Waals surface area contributed by atoms with Crippen LogP contribution < -0.4 is 5.32 Å². The summed E-state index contributed by atoms with van der Waals surface area (Å²) in [7, 11) is 0. The molecule has 0 atom stereocenters. The number of aryl methyl sites for hydroxylation is 2. The summed E-state index contributed by atoms with van der Waals surface area (Å²) in [5.41, 5.74) is 4.70. The van der Waals surface area contributed by atoms with Gasteiger partial charge in [-0.2, -0.15) is 0 Å². The zero-order valence-electron chi connectivity index (χ0n) is 15.1. The molecule has 1 aliphatic carbocycles. The normalized spacial score (nSPS) is 13.8. The highest BCUT2D eigenvalue weighted by Crippen LogP contribution is 2.35. The molecule has 1 saturated carbocycles. The van der Waals surface area contributed by atoms with Crippen LogP contribution in [0.15, 0.2) is 48.7 Å². The third-order valence-corrected chi connectivity index (χ3v) is 4.82. The maximum absolute atomic E-state index is 12.6. The van der Waals surface area contributed by atoms with Crippen molar-refractivity contribution in [2.45, 2.75) is 33.2 Å². The number of anilines is 1. The van der Waals surface area contributed by atoms with E-state index in [2.05, 4.69) is 11.4 Å². The van der Waals surface area contributed by atoms with Crippen molar-refractivity contribution >= 4 is 28.3 Å². The summed E-state index contributed by atoms with van der Waals surface area (Å²) >= 11 is 0. The number of fused-ring (bicyclic) bond motifs is 1. The Hall–Kier alpha value is -2.88. The zero-order chi connectivity index (χ0) is 18.3. The molecule has 1 aliphatic rings. The van der Waals surface area contributed by atoms with Crippen LogP contribution in [-0.2, 0) is 11.3 Å². The first-order chi connectivity index (χ1) is 12.5. The number of para-hydroxylation sites is 1. The lowest BCUT2D eigenvalue weighted by molar-refractivity contribution is -0.116. The monoisotopic (exact) mass is 346 g/mol. The minimum atomic E-state index is -0.0961. The number of amides is 1. The molecule has 0 spiro atoms. The second-order valence-electron chi connectivity index (χ2n) is 7.25. The van der Waals surface area contributed by atoms with Crippen LogP contribution in [0.25, 0.3) is 10.9 Å². The molecule has 4 nitrogen and oxygen atoms in total. The Kier molecular flexibility index (Phi) is 4.11. The van der Waals surface area contributed by atoms with Crippen LogP contribution in [0, 0.1) is 19.8 Å². The Bertz CT molecular complexity index is 992. The van der Waals surface area contributed by atoms with Crippen LogP contribution in [0.4, 0.5) is 5.69 Å². The largest absolute Gasteiger partial charge is 0.337 e. The van der Waals surface area contributed by atoms with Gasteiger partial charge >= 0.3 is 0 Å². The first kappa shape index (κ1) is 16.6. The third kappa shape index (κ3) is 3.27. The lowest BCUT2D eigenvalue weighted by Gasteiger charge is -2.09. The van der Waals surface area contributed by atoms with Gasteiger partial charge in [-0.25, -0.2) is 0 Å². The molecule has 1 N–H and O–H groups in total. The molecule has 2 aromatic carbocycles. The van der Waals surface area contributed by atoms with Crippen molar-refractivity contribution in [2.75, 3.05) is 5.32 Å². The molecule has 0 saturated heterocycles. The van der Waals surface area contributed by atoms with E-state index in [4.69, 9.17) is 0 Å². The van der Waals surface area contributed by atoms with E-state index in [-0.39, 0.29) is 24.2 Å². The summed E-state index contributed by atoms with van der Waals surface area (Å²) in [6.07, 6.45) is 3.80. The Morgan fingerprint density at radius 2 is 1.77 bits per heavy atom. The van der Waals surface area contributed by atoms with Crippen molar-refractivity contribution in [3.05, 3.63) is 65.4 Å². The first-order valence-electron chi connectivity index (χ1n) is 9.01. The molecule has 1 aromatic heterocycles. The quantitative estimate of drug-likeness (QED) is 0.692. The Morgan fingerprint density at radius 3 is 2.46 bits per heavy atom. The van der Waals surface area contributed by atoms with Gasteiger partial charge in [0.2, 0.25) is 5.91 Å². The summed E-state index contributed by atoms with van der Waals surface area (Å²) in [6, 6.07) is 13.8. The van der Waals surface area contributed by atoms with E-state index in [1.807, 2.05) is 61.0 Å². The standard InChI is InChI=1S/C22H22N2O2/c1-14-9-15(2)11-17(10-14)23-21(25)13-24-12-19(22(26)16-7-8-16)18-5-3-4-6-20(18)24/h3-6,9-12,16H,7-8,13H2,1-2H3,(H,23,25). The van der Waals surface area contributed by atoms with Crippen LogP contribution in [0.3, 0.4) is 0 Å². The molecule has 0 bridgehead atoms. The highest BCUT2D eigenvalue weighted by Gasteiger charge is 2.32. The fourth-order valence-corrected chi connectivity index (χ4v) is 3.54. The predicted octanol–water partition coefficient (Wildman–Crippen LogP) is 4.49. The predicted molar refractivity (Wildman–Crippen MR) is 104 cm³/mol. The number of ketones is 1. The van der Waals surface area contributed by atoms with Gasteiger partial charge in [0.25, 0.3) is 0 Å². The highest BCUT2D eigenvalue weighted by atomic mass is 16.2. The van der Waals surface area contributed by atoms with E-state index in [0.29, 0.717) is 0 Å². The number of benzene rings is 2. The van der Waals surface area contributed by atoms with Crippen LogP contribution in [0.2, 0.25) is 0 Å². The average molecular weight is 346 g/mol. The highest BCUT2D eigenvalue weighted by molar-refractivity contribution is 6.10. The topological polar surface area (TPSA) is 51.1 Å². The summed E-state index contributed by atoms with van der Waals surface area (Å²) in [5.74, 6) is 0.272. The van der Waals surface area contributed by atoms with Crippen molar-refractivity contribution < 1.29 is 9.59 Å². The maximum atomic E-state index is 12.6. The smallest absolute Gasteiger partial charge is 0.244 e. The molecule has 26 heavy (non-hydrogen) atoms. The second-order valence-corrected chi connectivity index (χ2v) is 7.25. The number of hydrogen-bond acceptors (Lipinski definition) is 2. The zero-order valence-corrected chi connectivity index (χ0v) is 15.1. The molecule has 1 fully saturated rings. The van der Waals surface area contributed by atoms with Crippen LogP contribution >= 0.6 is 0 Å². The van der Waals surface area contributed by atoms with E-state index in [0.717, 1.165) is 46.1 Å². The van der Waals surface area contributed by atoms with Crippen LogP contribution in [-0.4, -0.2) is 16.3 Å². The van der Waals surface area contributed by atoms with Crippen molar-refractivity contribution in [2.24, 2.45) is 5.92 Å². The van der Waals surface area contributed by atoms with Gasteiger partial charge in [-0.15, -0.1) is 0 Å². The minimum absolute atomic E-state index is 0.0961. The minimum Gasteiger partial charge on any atom is -0.337 e. The molecule has 1 amide bonds. The van der Waals surface area contributed by atoms with Crippen molar-refractivity contribution in [3.8, 4) is 0 Å². The van der Waals surface area contributed by atoms with Crippen molar-refractivity contribution in [3.63, 3.8) is 0 Å². The molecule has 132 valence electrons. The van der Waals surface area contributed by atoms with Crippen LogP contribution in [0.1, 0.15) is 34.3 Å². The summed E-state index contributed by atoms with van der Waals surface area (Å²) < 4.78 is 1.88. The molecule has 4 rings (SSSR count). The van der Waals surface area contributed by atoms with Gasteiger partial charge in [-0.3, -0.25) is 9.59 Å². The number of aromatic nitrogens is 1. The Morgan fingerprint density at radius 1 is 1.08 bits per heavy atom. The molecular weight excluding hydrogens is 324 g/mol. The van der Waals surface area contributed by atoms with Gasteiger partial charge in [-0.1, -0.05) is 24.3 Å². The van der Waals surface area contributed by atoms with Crippen molar-refractivity contribution in [1.82, 2.24) is 4.57 Å². The van der Waals surface area contributed by atoms with Crippen molar-refractivity contribution in [1.29, 1.82) is 0 Å². The number of nitrogens with one attached hydrogen (secondary N) is 1. The summed E-state index contributed by atoms with van der Waals surface area (Å²) in [6.45, 7) is 4.21. The molecule has 4 heteroatoms. The number of nitrogens with zero attached hydrogens (tertiary/aromatic N) is 1. The average Bonchev–Trinajstić information content (AvgIpc) is 3.37. The lowest BCUT2D eigenvalue weighted by Crippen LogP contribution is -2.18. The second kappa shape index (κ2) is 6.45. The van der Waals surface area contributed by atoms with E-state index in [1.165, 1.54) is 0 Å². The van der Waals surface area contributed by atoms with Gasteiger partial charge in [0.05, 0.1) is 0 Å². The molecule has 0 unspecified atom stereocenters. The number of Topliss-reactive ketones (excluding diaryl/α,β-unsaturated/α-hetero) is 1. The molecule has 3 aromatic rings. The molecule has 0 radical (unpaired) electrons. The Labute approximate surface area is 152 Å². The molecule has 0 aliphatic heterocycles. The fourth-order valence-electron chi connectivity index (χ4n) is 3.54. The number of carbonyl (C=O) groups is 2. The van der Waals surface area contributed by atoms with Gasteiger partial charge in [-0.05, 0) is 56.0 Å². The first-order valence-corrected chi connectivity index (χ1v) is 9.01. The van der Waals surface area contributed by atoms with E-state index >= 15 is 0 Å². The summed E-state index contributed by atoms with van der Waals surface area (Å²) in [5, 5.41) is 3.90. The van der Waals surface area contributed by atoms with E-state index in [1.54, 1.807) is 0 Å². The summed E-state index contributed by atoms with van der Waals surface area (Å²) in [4.78, 5) is 25.1. The number of rotatable bonds is 5. The van der Waals surface area contributed by atoms with E-state index < -0.39 is 0 Å². The molecular formula is C22H22N2O2. The van der Waals surface area contributed by atoms with Gasteiger partial charge in [0.1, 0.15) is 6.54 Å². The van der Waals surface area contributed by atoms with Gasteiger partial charge in [0.15, 0.2) is 5.78 Å². The number of hydrogen-bond donors (Lipinski definition) is 1. The lowest BCUT2D eigenvalue weighted by atomic mass is 10.1. The third-order valence-electron chi connectivity index (χ3n) is 4.82. The van der Waals surface area contributed by atoms with E-state index in [9.17, 15) is 9.59 Å². The van der Waals surface area contributed by atoms with Gasteiger partial charge < -0.3 is 9.88 Å². The van der Waals surface area contributed by atoms with Crippen LogP contribution in [0.5, 0.6) is 0 Å². The fraction of sp³-hybridized carbons (Fsp3) is 0.273. The van der Waals surface area contributed by atoms with Gasteiger partial charge in [0, 0.05) is 34.3 Å². The Balaban J connectivity index is 1.60. The maximum Gasteiger partial charge on any atom is 0.244 e. The SMILES string of the molecule is Cc1cc(C)cc(NC(=O)Cn2cc(C(=O)C3CC3)c3ccccc32)c1.